The average Bonchev–Trinajstić information content (AvgIpc) is 2.37. The van der Waals surface area contributed by atoms with Gasteiger partial charge in [0.05, 0.1) is 0 Å². The van der Waals surface area contributed by atoms with Crippen LogP contribution in [0.2, 0.25) is 0 Å². The van der Waals surface area contributed by atoms with E-state index in [1.807, 2.05) is 20.8 Å². The molecule has 1 rings (SSSR count). The molecule has 0 radical (unpaired) electrons. The molecule has 1 aromatic rings. The predicted octanol–water partition coefficient (Wildman–Crippen LogP) is 1.96. The molecule has 0 heterocycles. The van der Waals surface area contributed by atoms with Crippen LogP contribution in [-0.4, -0.2) is 18.6 Å². The van der Waals surface area contributed by atoms with Crippen LogP contribution in [0.25, 0.3) is 0 Å². The van der Waals surface area contributed by atoms with E-state index in [9.17, 15) is 13.6 Å². The first-order chi connectivity index (χ1) is 9.35. The van der Waals surface area contributed by atoms with Crippen LogP contribution in [0.1, 0.15) is 26.3 Å². The third-order valence-corrected chi connectivity index (χ3v) is 3.03. The molecule has 0 spiro atoms. The summed E-state index contributed by atoms with van der Waals surface area (Å²) < 4.78 is 32.1. The highest BCUT2D eigenvalue weighted by Gasteiger charge is 2.15. The van der Waals surface area contributed by atoms with Gasteiger partial charge in [0.1, 0.15) is 0 Å². The van der Waals surface area contributed by atoms with Crippen molar-refractivity contribution in [3.63, 3.8) is 0 Å². The molecule has 112 valence electrons. The van der Waals surface area contributed by atoms with E-state index in [4.69, 9.17) is 10.5 Å². The van der Waals surface area contributed by atoms with E-state index in [-0.39, 0.29) is 18.5 Å². The standard InChI is InChI=1S/C14H20F2N2O2/c1-8(2)9(3)18-13(19)7-20-14-11(15)4-10(6-17)5-12(14)16/h4-5,8-9H,6-7,17H2,1-3H3,(H,18,19). The number of amides is 1. The van der Waals surface area contributed by atoms with Gasteiger partial charge >= 0.3 is 0 Å². The first-order valence-electron chi connectivity index (χ1n) is 6.45. The zero-order valence-electron chi connectivity index (χ0n) is 11.9. The quantitative estimate of drug-likeness (QED) is 0.840. The van der Waals surface area contributed by atoms with Crippen molar-refractivity contribution in [1.29, 1.82) is 0 Å². The number of carbonyl (C=O) groups excluding carboxylic acids is 1. The van der Waals surface area contributed by atoms with Crippen molar-refractivity contribution in [2.45, 2.75) is 33.4 Å². The molecule has 0 aliphatic rings. The Morgan fingerprint density at radius 1 is 1.30 bits per heavy atom. The Morgan fingerprint density at radius 2 is 1.85 bits per heavy atom. The van der Waals surface area contributed by atoms with E-state index in [0.29, 0.717) is 5.56 Å². The Kier molecular flexibility index (Phi) is 5.88. The lowest BCUT2D eigenvalue weighted by Gasteiger charge is -2.17. The van der Waals surface area contributed by atoms with Crippen LogP contribution < -0.4 is 15.8 Å². The summed E-state index contributed by atoms with van der Waals surface area (Å²) in [6.45, 7) is 5.35. The second-order valence-electron chi connectivity index (χ2n) is 4.98. The second-order valence-corrected chi connectivity index (χ2v) is 4.98. The zero-order valence-corrected chi connectivity index (χ0v) is 11.9. The first-order valence-corrected chi connectivity index (χ1v) is 6.45. The largest absolute Gasteiger partial charge is 0.478 e. The third-order valence-electron chi connectivity index (χ3n) is 3.03. The van der Waals surface area contributed by atoms with E-state index < -0.39 is 29.9 Å². The van der Waals surface area contributed by atoms with Crippen LogP contribution in [-0.2, 0) is 11.3 Å². The lowest BCUT2D eigenvalue weighted by molar-refractivity contribution is -0.124. The summed E-state index contributed by atoms with van der Waals surface area (Å²) in [5.41, 5.74) is 5.63. The fourth-order valence-electron chi connectivity index (χ4n) is 1.47. The first kappa shape index (κ1) is 16.4. The van der Waals surface area contributed by atoms with E-state index in [1.54, 1.807) is 0 Å². The number of halogens is 2. The summed E-state index contributed by atoms with van der Waals surface area (Å²) in [4.78, 5) is 11.6. The number of rotatable bonds is 6. The van der Waals surface area contributed by atoms with Crippen molar-refractivity contribution in [2.75, 3.05) is 6.61 Å². The Hall–Kier alpha value is -1.69. The molecular formula is C14H20F2N2O2. The summed E-state index contributed by atoms with van der Waals surface area (Å²) in [5, 5.41) is 2.68. The number of benzene rings is 1. The molecule has 6 heteroatoms. The van der Waals surface area contributed by atoms with Gasteiger partial charge in [-0.25, -0.2) is 8.78 Å². The zero-order chi connectivity index (χ0) is 15.3. The molecule has 0 bridgehead atoms. The maximum Gasteiger partial charge on any atom is 0.258 e. The monoisotopic (exact) mass is 286 g/mol. The number of carbonyl (C=O) groups is 1. The summed E-state index contributed by atoms with van der Waals surface area (Å²) >= 11 is 0. The molecule has 1 unspecified atom stereocenters. The van der Waals surface area contributed by atoms with Gasteiger partial charge in [-0.05, 0) is 30.5 Å². The number of nitrogens with two attached hydrogens (primary N) is 1. The molecule has 0 fully saturated rings. The van der Waals surface area contributed by atoms with Crippen molar-refractivity contribution in [3.8, 4) is 5.75 Å². The van der Waals surface area contributed by atoms with Gasteiger partial charge in [0.2, 0.25) is 0 Å². The van der Waals surface area contributed by atoms with Gasteiger partial charge < -0.3 is 15.8 Å². The molecule has 0 saturated carbocycles. The smallest absolute Gasteiger partial charge is 0.258 e. The van der Waals surface area contributed by atoms with Gasteiger partial charge in [-0.2, -0.15) is 0 Å². The highest BCUT2D eigenvalue weighted by atomic mass is 19.1. The van der Waals surface area contributed by atoms with E-state index in [2.05, 4.69) is 5.32 Å². The van der Waals surface area contributed by atoms with E-state index >= 15 is 0 Å². The number of ether oxygens (including phenoxy) is 1. The van der Waals surface area contributed by atoms with Crippen LogP contribution in [0.15, 0.2) is 12.1 Å². The number of nitrogens with one attached hydrogen (secondary N) is 1. The molecule has 1 amide bonds. The fourth-order valence-corrected chi connectivity index (χ4v) is 1.47. The van der Waals surface area contributed by atoms with Crippen molar-refractivity contribution in [1.82, 2.24) is 5.32 Å². The summed E-state index contributed by atoms with van der Waals surface area (Å²) in [6, 6.07) is 2.14. The van der Waals surface area contributed by atoms with Crippen LogP contribution in [0.5, 0.6) is 5.75 Å². The maximum absolute atomic E-state index is 13.6. The van der Waals surface area contributed by atoms with Crippen LogP contribution >= 0.6 is 0 Å². The van der Waals surface area contributed by atoms with Crippen LogP contribution in [0, 0.1) is 17.6 Å². The van der Waals surface area contributed by atoms with Crippen LogP contribution in [0.3, 0.4) is 0 Å². The van der Waals surface area contributed by atoms with Gasteiger partial charge in [-0.15, -0.1) is 0 Å². The molecule has 0 aliphatic heterocycles. The average molecular weight is 286 g/mol. The minimum Gasteiger partial charge on any atom is -0.478 e. The van der Waals surface area contributed by atoms with Crippen molar-refractivity contribution < 1.29 is 18.3 Å². The molecule has 0 saturated heterocycles. The Morgan fingerprint density at radius 3 is 2.30 bits per heavy atom. The predicted molar refractivity (Wildman–Crippen MR) is 72.2 cm³/mol. The number of hydrogen-bond acceptors (Lipinski definition) is 3. The topological polar surface area (TPSA) is 64.3 Å². The minimum absolute atomic E-state index is 0.0283. The number of hydrogen-bond donors (Lipinski definition) is 2. The van der Waals surface area contributed by atoms with E-state index in [1.165, 1.54) is 0 Å². The molecule has 0 aliphatic carbocycles. The summed E-state index contributed by atoms with van der Waals surface area (Å²) in [6.07, 6.45) is 0. The molecular weight excluding hydrogens is 266 g/mol. The van der Waals surface area contributed by atoms with Gasteiger partial charge in [0, 0.05) is 12.6 Å². The lowest BCUT2D eigenvalue weighted by Crippen LogP contribution is -2.39. The third kappa shape index (κ3) is 4.45. The van der Waals surface area contributed by atoms with Gasteiger partial charge in [0.25, 0.3) is 5.91 Å². The molecule has 0 aromatic heterocycles. The van der Waals surface area contributed by atoms with Crippen molar-refractivity contribution >= 4 is 5.91 Å². The highest BCUT2D eigenvalue weighted by Crippen LogP contribution is 2.23. The Labute approximate surface area is 117 Å². The molecule has 1 atom stereocenters. The van der Waals surface area contributed by atoms with Gasteiger partial charge in [-0.1, -0.05) is 13.8 Å². The fraction of sp³-hybridized carbons (Fsp3) is 0.500. The molecule has 4 nitrogen and oxygen atoms in total. The molecule has 1 aromatic carbocycles. The van der Waals surface area contributed by atoms with E-state index in [0.717, 1.165) is 12.1 Å². The maximum atomic E-state index is 13.6. The highest BCUT2D eigenvalue weighted by molar-refractivity contribution is 5.77. The summed E-state index contributed by atoms with van der Waals surface area (Å²) in [7, 11) is 0. The lowest BCUT2D eigenvalue weighted by atomic mass is 10.1. The van der Waals surface area contributed by atoms with Crippen molar-refractivity contribution in [2.24, 2.45) is 11.7 Å². The summed E-state index contributed by atoms with van der Waals surface area (Å²) in [5.74, 6) is -2.45. The molecule has 3 N–H and O–H groups in total. The Bertz CT molecular complexity index is 455. The van der Waals surface area contributed by atoms with Gasteiger partial charge in [0.15, 0.2) is 24.0 Å². The van der Waals surface area contributed by atoms with Gasteiger partial charge in [-0.3, -0.25) is 4.79 Å². The molecule has 20 heavy (non-hydrogen) atoms. The van der Waals surface area contributed by atoms with Crippen LogP contribution in [0.4, 0.5) is 8.78 Å². The Balaban J connectivity index is 2.64. The normalized spacial score (nSPS) is 12.3. The minimum atomic E-state index is -0.866. The SMILES string of the molecule is CC(C)C(C)NC(=O)COc1c(F)cc(CN)cc1F. The second kappa shape index (κ2) is 7.19. The van der Waals surface area contributed by atoms with Crippen molar-refractivity contribution in [3.05, 3.63) is 29.3 Å².